The predicted molar refractivity (Wildman–Crippen MR) is 135 cm³/mol. The molecule has 1 saturated heterocycles. The average Bonchev–Trinajstić information content (AvgIpc) is 3.33. The minimum atomic E-state index is -0.110. The number of ether oxygens (including phenoxy) is 1. The van der Waals surface area contributed by atoms with E-state index in [1.807, 2.05) is 62.4 Å². The van der Waals surface area contributed by atoms with Crippen LogP contribution in [0, 0.1) is 5.41 Å². The number of hydrogen-bond acceptors (Lipinski definition) is 5. The Labute approximate surface area is 195 Å². The van der Waals surface area contributed by atoms with Gasteiger partial charge in [-0.05, 0) is 87.3 Å². The van der Waals surface area contributed by atoms with E-state index in [4.69, 9.17) is 10.1 Å². The lowest BCUT2D eigenvalue weighted by Gasteiger charge is -2.17. The number of anilines is 1. The number of likely N-dealkylation sites (tertiary alicyclic amines) is 1. The van der Waals surface area contributed by atoms with Crippen molar-refractivity contribution in [3.05, 3.63) is 76.7 Å². The second-order valence-electron chi connectivity index (χ2n) is 8.71. The highest BCUT2D eigenvalue weighted by atomic mass is 16.5. The van der Waals surface area contributed by atoms with E-state index in [1.54, 1.807) is 16.8 Å². The molecule has 0 spiro atoms. The molecule has 172 valence electrons. The molecule has 0 aliphatic carbocycles. The molecule has 1 fully saturated rings. The van der Waals surface area contributed by atoms with Crippen molar-refractivity contribution in [1.82, 2.24) is 9.47 Å². The number of pyridine rings is 1. The summed E-state index contributed by atoms with van der Waals surface area (Å²) < 4.78 is 7.31. The van der Waals surface area contributed by atoms with Gasteiger partial charge in [0.25, 0.3) is 5.56 Å². The topological polar surface area (TPSA) is 70.3 Å². The summed E-state index contributed by atoms with van der Waals surface area (Å²) >= 11 is 0. The summed E-state index contributed by atoms with van der Waals surface area (Å²) in [6, 6.07) is 17.1. The summed E-state index contributed by atoms with van der Waals surface area (Å²) in [6.07, 6.45) is 5.82. The van der Waals surface area contributed by atoms with Crippen LogP contribution in [-0.2, 0) is 0 Å². The van der Waals surface area contributed by atoms with Crippen LogP contribution in [0.2, 0.25) is 0 Å². The number of benzene rings is 2. The van der Waals surface area contributed by atoms with E-state index in [2.05, 4.69) is 10.2 Å². The van der Waals surface area contributed by atoms with E-state index < -0.39 is 0 Å². The Bertz CT molecular complexity index is 1150. The largest absolute Gasteiger partial charge is 0.491 e. The van der Waals surface area contributed by atoms with Crippen LogP contribution in [-0.4, -0.2) is 48.0 Å². The SMILES string of the molecule is CC(C)Oc1ccc(-c2ccn(-c3ccc(NCCN4CCCC4)c(C=N)c3)c(=O)c2)cc1. The summed E-state index contributed by atoms with van der Waals surface area (Å²) in [6.45, 7) is 8.18. The molecule has 33 heavy (non-hydrogen) atoms. The smallest absolute Gasteiger partial charge is 0.255 e. The van der Waals surface area contributed by atoms with E-state index in [-0.39, 0.29) is 11.7 Å². The number of nitrogens with one attached hydrogen (secondary N) is 2. The second kappa shape index (κ2) is 10.5. The summed E-state index contributed by atoms with van der Waals surface area (Å²) in [5, 5.41) is 11.3. The molecule has 2 N–H and O–H groups in total. The molecule has 1 aliphatic rings. The van der Waals surface area contributed by atoms with Crippen LogP contribution in [0.15, 0.2) is 65.6 Å². The highest BCUT2D eigenvalue weighted by Crippen LogP contribution is 2.23. The van der Waals surface area contributed by atoms with Crippen molar-refractivity contribution >= 4 is 11.9 Å². The van der Waals surface area contributed by atoms with Gasteiger partial charge in [-0.2, -0.15) is 0 Å². The zero-order valence-electron chi connectivity index (χ0n) is 19.4. The molecule has 0 atom stereocenters. The van der Waals surface area contributed by atoms with Gasteiger partial charge < -0.3 is 20.4 Å². The Kier molecular flexibility index (Phi) is 7.25. The van der Waals surface area contributed by atoms with Gasteiger partial charge in [0.2, 0.25) is 0 Å². The van der Waals surface area contributed by atoms with Crippen LogP contribution in [0.4, 0.5) is 5.69 Å². The Hall–Kier alpha value is -3.38. The fraction of sp³-hybridized carbons (Fsp3) is 0.333. The summed E-state index contributed by atoms with van der Waals surface area (Å²) in [4.78, 5) is 15.3. The Balaban J connectivity index is 1.49. The third kappa shape index (κ3) is 5.71. The molecule has 3 aromatic rings. The van der Waals surface area contributed by atoms with Crippen LogP contribution in [0.25, 0.3) is 16.8 Å². The molecule has 1 aliphatic heterocycles. The molecule has 2 aromatic carbocycles. The van der Waals surface area contributed by atoms with E-state index >= 15 is 0 Å². The van der Waals surface area contributed by atoms with Crippen molar-refractivity contribution in [2.24, 2.45) is 0 Å². The van der Waals surface area contributed by atoms with Crippen molar-refractivity contribution < 1.29 is 4.74 Å². The van der Waals surface area contributed by atoms with E-state index in [0.717, 1.165) is 46.9 Å². The molecule has 2 heterocycles. The highest BCUT2D eigenvalue weighted by molar-refractivity contribution is 5.86. The molecule has 6 heteroatoms. The van der Waals surface area contributed by atoms with Crippen molar-refractivity contribution in [3.8, 4) is 22.6 Å². The van der Waals surface area contributed by atoms with Gasteiger partial charge in [0.1, 0.15) is 5.75 Å². The molecule has 0 bridgehead atoms. The van der Waals surface area contributed by atoms with Gasteiger partial charge in [0.15, 0.2) is 0 Å². The number of rotatable bonds is 9. The number of hydrogen-bond donors (Lipinski definition) is 2. The summed E-state index contributed by atoms with van der Waals surface area (Å²) in [7, 11) is 0. The molecule has 0 radical (unpaired) electrons. The first kappa shape index (κ1) is 22.8. The molecule has 0 amide bonds. The predicted octanol–water partition coefficient (Wildman–Crippen LogP) is 4.80. The van der Waals surface area contributed by atoms with Gasteiger partial charge in [-0.1, -0.05) is 12.1 Å². The molecule has 1 aromatic heterocycles. The Morgan fingerprint density at radius 3 is 2.45 bits per heavy atom. The molecule has 4 rings (SSSR count). The average molecular weight is 445 g/mol. The van der Waals surface area contributed by atoms with Crippen molar-refractivity contribution in [2.45, 2.75) is 32.8 Å². The minimum Gasteiger partial charge on any atom is -0.491 e. The van der Waals surface area contributed by atoms with Crippen LogP contribution in [0.3, 0.4) is 0 Å². The third-order valence-electron chi connectivity index (χ3n) is 5.89. The molecular formula is C27H32N4O2. The maximum Gasteiger partial charge on any atom is 0.255 e. The molecular weight excluding hydrogens is 412 g/mol. The Morgan fingerprint density at radius 1 is 1.03 bits per heavy atom. The monoisotopic (exact) mass is 444 g/mol. The normalized spacial score (nSPS) is 13.9. The minimum absolute atomic E-state index is 0.110. The highest BCUT2D eigenvalue weighted by Gasteiger charge is 2.11. The maximum atomic E-state index is 12.9. The van der Waals surface area contributed by atoms with Gasteiger partial charge in [0.05, 0.1) is 6.10 Å². The molecule has 0 unspecified atom stereocenters. The van der Waals surface area contributed by atoms with Gasteiger partial charge in [-0.25, -0.2) is 0 Å². The van der Waals surface area contributed by atoms with Crippen LogP contribution < -0.4 is 15.6 Å². The second-order valence-corrected chi connectivity index (χ2v) is 8.71. The van der Waals surface area contributed by atoms with Crippen LogP contribution in [0.5, 0.6) is 5.75 Å². The lowest BCUT2D eigenvalue weighted by Crippen LogP contribution is -2.26. The summed E-state index contributed by atoms with van der Waals surface area (Å²) in [5.74, 6) is 0.815. The van der Waals surface area contributed by atoms with E-state index in [1.165, 1.54) is 32.1 Å². The van der Waals surface area contributed by atoms with Gasteiger partial charge >= 0.3 is 0 Å². The lowest BCUT2D eigenvalue weighted by molar-refractivity contribution is 0.242. The fourth-order valence-corrected chi connectivity index (χ4v) is 4.21. The van der Waals surface area contributed by atoms with Crippen LogP contribution >= 0.6 is 0 Å². The first-order chi connectivity index (χ1) is 16.0. The van der Waals surface area contributed by atoms with Gasteiger partial charge in [-0.3, -0.25) is 9.36 Å². The third-order valence-corrected chi connectivity index (χ3v) is 5.89. The molecule has 6 nitrogen and oxygen atoms in total. The zero-order chi connectivity index (χ0) is 23.2. The Morgan fingerprint density at radius 2 is 1.79 bits per heavy atom. The van der Waals surface area contributed by atoms with Crippen molar-refractivity contribution in [1.29, 1.82) is 5.41 Å². The van der Waals surface area contributed by atoms with Gasteiger partial charge in [-0.15, -0.1) is 0 Å². The maximum absolute atomic E-state index is 12.9. The number of nitrogens with zero attached hydrogens (tertiary/aromatic N) is 2. The standard InChI is InChI=1S/C27H32N4O2/c1-20(2)33-25-8-5-21(6-9-25)22-11-15-31(27(32)18-22)24-7-10-26(23(17-24)19-28)29-12-16-30-13-3-4-14-30/h5-11,15,17-20,28-29H,3-4,12-14,16H2,1-2H3. The zero-order valence-corrected chi connectivity index (χ0v) is 19.4. The van der Waals surface area contributed by atoms with Gasteiger partial charge in [0, 0.05) is 48.5 Å². The fourth-order valence-electron chi connectivity index (χ4n) is 4.21. The quantitative estimate of drug-likeness (QED) is 0.465. The van der Waals surface area contributed by atoms with Crippen molar-refractivity contribution in [3.63, 3.8) is 0 Å². The van der Waals surface area contributed by atoms with Crippen LogP contribution in [0.1, 0.15) is 32.3 Å². The first-order valence-corrected chi connectivity index (χ1v) is 11.6. The van der Waals surface area contributed by atoms with E-state index in [9.17, 15) is 4.79 Å². The lowest BCUT2D eigenvalue weighted by atomic mass is 10.1. The summed E-state index contributed by atoms with van der Waals surface area (Å²) in [5.41, 5.74) is 4.15. The molecule has 0 saturated carbocycles. The van der Waals surface area contributed by atoms with E-state index in [0.29, 0.717) is 0 Å². The number of aromatic nitrogens is 1. The van der Waals surface area contributed by atoms with Crippen molar-refractivity contribution in [2.75, 3.05) is 31.5 Å². The first-order valence-electron chi connectivity index (χ1n) is 11.6.